The van der Waals surface area contributed by atoms with E-state index in [1.807, 2.05) is 18.2 Å². The van der Waals surface area contributed by atoms with E-state index in [9.17, 15) is 18.0 Å². The van der Waals surface area contributed by atoms with Crippen molar-refractivity contribution in [2.45, 2.75) is 31.4 Å². The Morgan fingerprint density at radius 3 is 2.66 bits per heavy atom. The van der Waals surface area contributed by atoms with Crippen LogP contribution in [0.2, 0.25) is 0 Å². The monoisotopic (exact) mass is 394 g/mol. The lowest BCUT2D eigenvalue weighted by atomic mass is 9.73. The van der Waals surface area contributed by atoms with Gasteiger partial charge in [0.15, 0.2) is 5.78 Å². The van der Waals surface area contributed by atoms with Crippen molar-refractivity contribution in [2.24, 2.45) is 0 Å². The number of hydrogen-bond acceptors (Lipinski definition) is 3. The normalized spacial score (nSPS) is 19.0. The number of nitrogens with zero attached hydrogens (tertiary/aromatic N) is 1. The molecule has 2 aliphatic rings. The molecule has 1 atom stereocenters. The summed E-state index contributed by atoms with van der Waals surface area (Å²) < 4.78 is 41.7. The summed E-state index contributed by atoms with van der Waals surface area (Å²) in [6, 6.07) is 12.9. The number of fused-ring (bicyclic) bond motifs is 3. The predicted molar refractivity (Wildman–Crippen MR) is 105 cm³/mol. The zero-order chi connectivity index (χ0) is 20.2. The van der Waals surface area contributed by atoms with Crippen LogP contribution in [-0.4, -0.2) is 10.8 Å². The maximum atomic E-state index is 13.9. The SMILES string of the molecule is O=C1CCCC2=C1[C@@H](c1ccccc1C(F)(F)F)c1c(ccc3ncccc13)N2. The number of ketones is 1. The molecule has 2 aromatic carbocycles. The highest BCUT2D eigenvalue weighted by atomic mass is 19.4. The van der Waals surface area contributed by atoms with Crippen LogP contribution in [0.5, 0.6) is 0 Å². The maximum absolute atomic E-state index is 13.9. The van der Waals surface area contributed by atoms with Crippen molar-refractivity contribution in [3.63, 3.8) is 0 Å². The first-order chi connectivity index (χ1) is 13.9. The van der Waals surface area contributed by atoms with Crippen LogP contribution in [0.3, 0.4) is 0 Å². The van der Waals surface area contributed by atoms with Gasteiger partial charge in [-0.15, -0.1) is 0 Å². The minimum Gasteiger partial charge on any atom is -0.358 e. The third-order valence-corrected chi connectivity index (χ3v) is 5.72. The molecule has 3 aromatic rings. The Morgan fingerprint density at radius 1 is 1.00 bits per heavy atom. The van der Waals surface area contributed by atoms with Crippen LogP contribution in [0.15, 0.2) is 66.0 Å². The molecule has 0 bridgehead atoms. The fourth-order valence-electron chi connectivity index (χ4n) is 4.55. The van der Waals surface area contributed by atoms with Gasteiger partial charge in [0.2, 0.25) is 0 Å². The lowest BCUT2D eigenvalue weighted by Crippen LogP contribution is -2.28. The molecule has 0 fully saturated rings. The van der Waals surface area contributed by atoms with Crippen LogP contribution >= 0.6 is 0 Å². The number of allylic oxidation sites excluding steroid dienone is 2. The van der Waals surface area contributed by atoms with E-state index < -0.39 is 17.7 Å². The van der Waals surface area contributed by atoms with Gasteiger partial charge in [0.1, 0.15) is 0 Å². The van der Waals surface area contributed by atoms with Gasteiger partial charge < -0.3 is 5.32 Å². The summed E-state index contributed by atoms with van der Waals surface area (Å²) in [4.78, 5) is 17.3. The summed E-state index contributed by atoms with van der Waals surface area (Å²) in [5.74, 6) is -0.868. The molecular weight excluding hydrogens is 377 g/mol. The summed E-state index contributed by atoms with van der Waals surface area (Å²) in [6.07, 6.45) is -1.16. The minimum atomic E-state index is -4.51. The third kappa shape index (κ3) is 2.82. The minimum absolute atomic E-state index is 0.0905. The van der Waals surface area contributed by atoms with Gasteiger partial charge in [-0.25, -0.2) is 0 Å². The molecule has 1 aliphatic heterocycles. The largest absolute Gasteiger partial charge is 0.416 e. The molecule has 2 heterocycles. The molecule has 1 N–H and O–H groups in total. The van der Waals surface area contributed by atoms with Crippen molar-refractivity contribution in [3.05, 3.63) is 82.7 Å². The molecule has 6 heteroatoms. The van der Waals surface area contributed by atoms with Crippen LogP contribution in [-0.2, 0) is 11.0 Å². The first-order valence-electron chi connectivity index (χ1n) is 9.52. The Kier molecular flexibility index (Phi) is 3.98. The van der Waals surface area contributed by atoms with Gasteiger partial charge in [-0.05, 0) is 48.2 Å². The smallest absolute Gasteiger partial charge is 0.358 e. The molecule has 3 nitrogen and oxygen atoms in total. The average molecular weight is 394 g/mol. The molecule has 0 saturated heterocycles. The summed E-state index contributed by atoms with van der Waals surface area (Å²) in [5, 5.41) is 4.08. The van der Waals surface area contributed by atoms with Crippen molar-refractivity contribution in [1.82, 2.24) is 4.98 Å². The van der Waals surface area contributed by atoms with Crippen molar-refractivity contribution in [3.8, 4) is 0 Å². The van der Waals surface area contributed by atoms with E-state index in [1.165, 1.54) is 12.1 Å². The van der Waals surface area contributed by atoms with E-state index in [-0.39, 0.29) is 11.3 Å². The molecule has 0 unspecified atom stereocenters. The molecule has 5 rings (SSSR count). The first kappa shape index (κ1) is 17.9. The highest BCUT2D eigenvalue weighted by Crippen LogP contribution is 2.50. The Bertz CT molecular complexity index is 1180. The highest BCUT2D eigenvalue weighted by molar-refractivity contribution is 6.03. The van der Waals surface area contributed by atoms with Gasteiger partial charge in [-0.1, -0.05) is 24.3 Å². The lowest BCUT2D eigenvalue weighted by Gasteiger charge is -2.35. The number of anilines is 1. The highest BCUT2D eigenvalue weighted by Gasteiger charge is 2.41. The summed E-state index contributed by atoms with van der Waals surface area (Å²) in [6.45, 7) is 0. The molecule has 1 aromatic heterocycles. The van der Waals surface area contributed by atoms with E-state index in [1.54, 1.807) is 18.3 Å². The molecule has 0 radical (unpaired) electrons. The van der Waals surface area contributed by atoms with Gasteiger partial charge in [0, 0.05) is 40.9 Å². The number of hydrogen-bond donors (Lipinski definition) is 1. The van der Waals surface area contributed by atoms with Crippen LogP contribution in [0.1, 0.15) is 41.9 Å². The predicted octanol–water partition coefficient (Wildman–Crippen LogP) is 5.82. The molecule has 1 aliphatic carbocycles. The van der Waals surface area contributed by atoms with Crippen molar-refractivity contribution in [2.75, 3.05) is 5.32 Å². The number of benzene rings is 2. The molecule has 0 amide bonds. The number of carbonyl (C=O) groups excluding carboxylic acids is 1. The Labute approximate surface area is 165 Å². The molecule has 29 heavy (non-hydrogen) atoms. The number of pyridine rings is 1. The van der Waals surface area contributed by atoms with Crippen molar-refractivity contribution in [1.29, 1.82) is 0 Å². The number of aromatic nitrogens is 1. The van der Waals surface area contributed by atoms with Gasteiger partial charge >= 0.3 is 6.18 Å². The van der Waals surface area contributed by atoms with E-state index in [0.29, 0.717) is 35.9 Å². The lowest BCUT2D eigenvalue weighted by molar-refractivity contribution is -0.138. The van der Waals surface area contributed by atoms with Crippen molar-refractivity contribution < 1.29 is 18.0 Å². The van der Waals surface area contributed by atoms with Gasteiger partial charge in [-0.3, -0.25) is 9.78 Å². The zero-order valence-electron chi connectivity index (χ0n) is 15.4. The van der Waals surface area contributed by atoms with Gasteiger partial charge in [0.05, 0.1) is 11.1 Å². The van der Waals surface area contributed by atoms with E-state index in [4.69, 9.17) is 0 Å². The zero-order valence-corrected chi connectivity index (χ0v) is 15.4. The first-order valence-corrected chi connectivity index (χ1v) is 9.52. The summed E-state index contributed by atoms with van der Waals surface area (Å²) in [5.41, 5.74) is 2.71. The fraction of sp³-hybridized carbons (Fsp3) is 0.217. The number of carbonyl (C=O) groups is 1. The summed E-state index contributed by atoms with van der Waals surface area (Å²) >= 11 is 0. The Balaban J connectivity index is 1.87. The number of nitrogens with one attached hydrogen (secondary N) is 1. The molecular formula is C23H17F3N2O. The molecule has 0 saturated carbocycles. The second kappa shape index (κ2) is 6.44. The van der Waals surface area contributed by atoms with E-state index >= 15 is 0 Å². The molecule has 146 valence electrons. The van der Waals surface area contributed by atoms with Crippen LogP contribution < -0.4 is 5.32 Å². The van der Waals surface area contributed by atoms with Crippen molar-refractivity contribution >= 4 is 22.4 Å². The second-order valence-electron chi connectivity index (χ2n) is 7.41. The number of rotatable bonds is 1. The number of alkyl halides is 3. The summed E-state index contributed by atoms with van der Waals surface area (Å²) in [7, 11) is 0. The molecule has 0 spiro atoms. The van der Waals surface area contributed by atoms with Gasteiger partial charge in [-0.2, -0.15) is 13.2 Å². The second-order valence-corrected chi connectivity index (χ2v) is 7.41. The number of halogens is 3. The Hall–Kier alpha value is -3.15. The van der Waals surface area contributed by atoms with E-state index in [0.717, 1.165) is 22.8 Å². The Morgan fingerprint density at radius 2 is 1.83 bits per heavy atom. The van der Waals surface area contributed by atoms with E-state index in [2.05, 4.69) is 10.3 Å². The topological polar surface area (TPSA) is 42.0 Å². The standard InChI is InChI=1S/C23H17F3N2O/c24-23(25,26)15-7-2-1-5-13(15)21-20-14-6-4-12-27-16(14)10-11-18(20)28-17-8-3-9-19(29)22(17)21/h1-2,4-7,10-12,21,28H,3,8-9H2/t21-/m0/s1. The fourth-order valence-corrected chi connectivity index (χ4v) is 4.55. The maximum Gasteiger partial charge on any atom is 0.416 e. The quantitative estimate of drug-likeness (QED) is 0.566. The third-order valence-electron chi connectivity index (χ3n) is 5.72. The van der Waals surface area contributed by atoms with Crippen LogP contribution in [0.25, 0.3) is 10.9 Å². The number of Topliss-reactive ketones (excluding diaryl/α,β-unsaturated/α-hetero) is 1. The van der Waals surface area contributed by atoms with Crippen LogP contribution in [0.4, 0.5) is 18.9 Å². The average Bonchev–Trinajstić information content (AvgIpc) is 2.71. The van der Waals surface area contributed by atoms with Crippen LogP contribution in [0, 0.1) is 0 Å². The van der Waals surface area contributed by atoms with Gasteiger partial charge in [0.25, 0.3) is 0 Å².